The summed E-state index contributed by atoms with van der Waals surface area (Å²) >= 11 is 0. The summed E-state index contributed by atoms with van der Waals surface area (Å²) in [7, 11) is 0. The van der Waals surface area contributed by atoms with Crippen LogP contribution in [0.3, 0.4) is 0 Å². The number of hydrogen-bond acceptors (Lipinski definition) is 5. The van der Waals surface area contributed by atoms with Gasteiger partial charge in [-0.3, -0.25) is 19.0 Å². The maximum Gasteiger partial charge on any atom is 0.335 e. The number of fused-ring (bicyclic) bond motifs is 1. The third kappa shape index (κ3) is 3.30. The van der Waals surface area contributed by atoms with Crippen LogP contribution in [0.1, 0.15) is 55.1 Å². The lowest BCUT2D eigenvalue weighted by Crippen LogP contribution is -2.40. The first-order chi connectivity index (χ1) is 13.7. The van der Waals surface area contributed by atoms with Crippen LogP contribution in [0.2, 0.25) is 0 Å². The van der Waals surface area contributed by atoms with Crippen molar-refractivity contribution >= 4 is 22.5 Å². The van der Waals surface area contributed by atoms with Gasteiger partial charge < -0.3 is 5.11 Å². The monoisotopic (exact) mass is 406 g/mol. The first kappa shape index (κ1) is 20.6. The number of allylic oxidation sites excluding steroid dienone is 2. The van der Waals surface area contributed by atoms with Crippen molar-refractivity contribution in [1.29, 1.82) is 0 Å². The van der Waals surface area contributed by atoms with Crippen molar-refractivity contribution < 1.29 is 23.5 Å². The van der Waals surface area contributed by atoms with E-state index in [1.807, 2.05) is 0 Å². The van der Waals surface area contributed by atoms with Gasteiger partial charge in [0.2, 0.25) is 0 Å². The molecule has 1 aromatic heterocycles. The van der Waals surface area contributed by atoms with Crippen LogP contribution >= 0.6 is 0 Å². The topological polar surface area (TPSA) is 98.4 Å². The first-order valence-electron chi connectivity index (χ1n) is 9.27. The lowest BCUT2D eigenvalue weighted by Gasteiger charge is -2.18. The number of carbonyl (C=O) groups excluding carboxylic acids is 2. The number of carbonyl (C=O) groups is 2. The Morgan fingerprint density at radius 1 is 1.21 bits per heavy atom. The molecule has 0 aliphatic heterocycles. The maximum atomic E-state index is 13.6. The molecule has 1 aliphatic carbocycles. The number of hydrogen-bond donors (Lipinski definition) is 1. The van der Waals surface area contributed by atoms with Crippen molar-refractivity contribution in [3.8, 4) is 0 Å². The number of aromatic nitrogens is 2. The molecule has 2 aromatic rings. The van der Waals surface area contributed by atoms with Crippen LogP contribution in [0.4, 0.5) is 8.78 Å². The first-order valence-corrected chi connectivity index (χ1v) is 9.27. The minimum Gasteiger partial charge on any atom is -0.511 e. The molecule has 0 spiro atoms. The van der Waals surface area contributed by atoms with Gasteiger partial charge in [-0.15, -0.1) is 0 Å². The van der Waals surface area contributed by atoms with Gasteiger partial charge in [0.15, 0.2) is 11.6 Å². The summed E-state index contributed by atoms with van der Waals surface area (Å²) in [6, 6.07) is 2.30. The molecule has 0 amide bonds. The Hall–Kier alpha value is -3.10. The Labute approximate surface area is 163 Å². The smallest absolute Gasteiger partial charge is 0.335 e. The third-order valence-corrected chi connectivity index (χ3v) is 5.10. The van der Waals surface area contributed by atoms with Crippen molar-refractivity contribution in [2.24, 2.45) is 0 Å². The van der Waals surface area contributed by atoms with Gasteiger partial charge >= 0.3 is 12.2 Å². The van der Waals surface area contributed by atoms with Crippen molar-refractivity contribution in [3.63, 3.8) is 0 Å². The molecule has 9 heteroatoms. The molecule has 7 nitrogen and oxygen atoms in total. The molecule has 1 N–H and O–H groups in total. The fraction of sp³-hybridized carbons (Fsp3) is 0.400. The summed E-state index contributed by atoms with van der Waals surface area (Å²) < 4.78 is 28.1. The number of ketones is 2. The van der Waals surface area contributed by atoms with Gasteiger partial charge in [-0.2, -0.15) is 8.78 Å². The standard InChI is InChI=1S/C20H20F2N2O5/c1-3-9-23-18(28)15-10(2)11(7-8-12(15)24(19(21)22)20(23)29)17(27)16-13(25)5-4-6-14(16)26/h7-8,19,25H,3-6,9H2,1-2H3. The molecular weight excluding hydrogens is 386 g/mol. The molecule has 0 atom stereocenters. The fourth-order valence-electron chi connectivity index (χ4n) is 3.70. The summed E-state index contributed by atoms with van der Waals surface area (Å²) in [5, 5.41) is 9.84. The zero-order valence-corrected chi connectivity index (χ0v) is 16.0. The second-order valence-electron chi connectivity index (χ2n) is 6.95. The second kappa shape index (κ2) is 7.73. The minimum absolute atomic E-state index is 0.0473. The Bertz CT molecular complexity index is 1170. The lowest BCUT2D eigenvalue weighted by molar-refractivity contribution is -0.116. The van der Waals surface area contributed by atoms with Gasteiger partial charge in [0.25, 0.3) is 5.56 Å². The normalized spacial score (nSPS) is 14.9. The summed E-state index contributed by atoms with van der Waals surface area (Å²) in [5.41, 5.74) is -2.49. The maximum absolute atomic E-state index is 13.6. The molecule has 29 heavy (non-hydrogen) atoms. The molecule has 0 saturated heterocycles. The van der Waals surface area contributed by atoms with Crippen molar-refractivity contribution in [3.05, 3.63) is 55.4 Å². The van der Waals surface area contributed by atoms with Crippen LogP contribution in [-0.2, 0) is 11.3 Å². The molecule has 0 unspecified atom stereocenters. The van der Waals surface area contributed by atoms with Gasteiger partial charge in [0.1, 0.15) is 11.3 Å². The molecule has 1 aromatic carbocycles. The largest absolute Gasteiger partial charge is 0.511 e. The highest BCUT2D eigenvalue weighted by atomic mass is 19.3. The highest BCUT2D eigenvalue weighted by molar-refractivity contribution is 6.27. The summed E-state index contributed by atoms with van der Waals surface area (Å²) in [6.07, 6.45) is 1.11. The van der Waals surface area contributed by atoms with Gasteiger partial charge in [-0.1, -0.05) is 6.92 Å². The number of alkyl halides is 2. The number of aryl methyl sites for hydroxylation is 1. The molecule has 1 aliphatic rings. The number of benzene rings is 1. The molecule has 154 valence electrons. The molecule has 0 saturated carbocycles. The van der Waals surface area contributed by atoms with E-state index >= 15 is 0 Å². The Kier molecular flexibility index (Phi) is 5.50. The zero-order valence-electron chi connectivity index (χ0n) is 16.0. The Balaban J connectivity index is 2.35. The van der Waals surface area contributed by atoms with Crippen LogP contribution in [-0.4, -0.2) is 25.8 Å². The van der Waals surface area contributed by atoms with Gasteiger partial charge in [-0.25, -0.2) is 9.36 Å². The fourth-order valence-corrected chi connectivity index (χ4v) is 3.70. The highest BCUT2D eigenvalue weighted by Gasteiger charge is 2.29. The number of halogens is 2. The van der Waals surface area contributed by atoms with Crippen LogP contribution in [0.25, 0.3) is 10.9 Å². The van der Waals surface area contributed by atoms with Gasteiger partial charge in [0, 0.05) is 24.9 Å². The average molecular weight is 406 g/mol. The van der Waals surface area contributed by atoms with Crippen LogP contribution in [0.5, 0.6) is 0 Å². The SMILES string of the molecule is CCCn1c(=O)c2c(C)c(C(=O)C3=C(O)CCCC3=O)ccc2n(C(F)F)c1=O. The average Bonchev–Trinajstić information content (AvgIpc) is 2.64. The van der Waals surface area contributed by atoms with Crippen molar-refractivity contribution in [2.45, 2.75) is 52.6 Å². The Morgan fingerprint density at radius 2 is 1.90 bits per heavy atom. The molecular formula is C20H20F2N2O5. The second-order valence-corrected chi connectivity index (χ2v) is 6.95. The van der Waals surface area contributed by atoms with Crippen molar-refractivity contribution in [1.82, 2.24) is 9.13 Å². The van der Waals surface area contributed by atoms with Crippen LogP contribution in [0, 0.1) is 6.92 Å². The van der Waals surface area contributed by atoms with E-state index in [1.54, 1.807) is 6.92 Å². The van der Waals surface area contributed by atoms with E-state index in [1.165, 1.54) is 13.0 Å². The molecule has 1 heterocycles. The number of aliphatic hydroxyl groups is 1. The summed E-state index contributed by atoms with van der Waals surface area (Å²) in [5.74, 6) is -1.58. The predicted octanol–water partition coefficient (Wildman–Crippen LogP) is 3.02. The Morgan fingerprint density at radius 3 is 2.48 bits per heavy atom. The van der Waals surface area contributed by atoms with Gasteiger partial charge in [0.05, 0.1) is 10.9 Å². The van der Waals surface area contributed by atoms with E-state index in [-0.39, 0.29) is 57.3 Å². The van der Waals surface area contributed by atoms with E-state index in [0.717, 1.165) is 10.6 Å². The van der Waals surface area contributed by atoms with Crippen LogP contribution in [0.15, 0.2) is 33.1 Å². The molecule has 0 bridgehead atoms. The molecule has 0 radical (unpaired) electrons. The van der Waals surface area contributed by atoms with E-state index in [2.05, 4.69) is 0 Å². The summed E-state index contributed by atoms with van der Waals surface area (Å²) in [4.78, 5) is 50.3. The van der Waals surface area contributed by atoms with Crippen molar-refractivity contribution in [2.75, 3.05) is 0 Å². The quantitative estimate of drug-likeness (QED) is 0.608. The molecule has 3 rings (SSSR count). The predicted molar refractivity (Wildman–Crippen MR) is 102 cm³/mol. The third-order valence-electron chi connectivity index (χ3n) is 5.10. The van der Waals surface area contributed by atoms with Gasteiger partial charge in [-0.05, 0) is 37.5 Å². The summed E-state index contributed by atoms with van der Waals surface area (Å²) in [6.45, 7) is -0.137. The van der Waals surface area contributed by atoms with E-state index < -0.39 is 29.4 Å². The van der Waals surface area contributed by atoms with Crippen LogP contribution < -0.4 is 11.2 Å². The number of Topliss-reactive ketones (excluding diaryl/α,β-unsaturated/α-hetero) is 2. The number of rotatable bonds is 5. The van der Waals surface area contributed by atoms with E-state index in [9.17, 15) is 33.1 Å². The molecule has 0 fully saturated rings. The van der Waals surface area contributed by atoms with E-state index in [4.69, 9.17) is 0 Å². The minimum atomic E-state index is -3.18. The lowest BCUT2D eigenvalue weighted by atomic mass is 9.88. The number of aliphatic hydroxyl groups excluding tert-OH is 1. The zero-order chi connectivity index (χ0) is 21.5. The highest BCUT2D eigenvalue weighted by Crippen LogP contribution is 2.27. The number of nitrogens with zero attached hydrogens (tertiary/aromatic N) is 2. The van der Waals surface area contributed by atoms with E-state index in [0.29, 0.717) is 12.8 Å².